The second-order valence-corrected chi connectivity index (χ2v) is 5.75. The number of anilines is 1. The summed E-state index contributed by atoms with van der Waals surface area (Å²) in [7, 11) is 1.69. The zero-order chi connectivity index (χ0) is 14.5. The Bertz CT molecular complexity index is 706. The van der Waals surface area contributed by atoms with Gasteiger partial charge in [-0.2, -0.15) is 0 Å². The fraction of sp³-hybridized carbons (Fsp3) is 0.111. The molecule has 0 aliphatic carbocycles. The van der Waals surface area contributed by atoms with Gasteiger partial charge in [0.1, 0.15) is 5.75 Å². The molecule has 1 N–H and O–H groups in total. The summed E-state index contributed by atoms with van der Waals surface area (Å²) < 4.78 is 5.23. The Hall–Kier alpha value is -2.26. The Morgan fingerprint density at radius 1 is 0.952 bits per heavy atom. The zero-order valence-corrected chi connectivity index (χ0v) is 12.7. The van der Waals surface area contributed by atoms with Gasteiger partial charge in [0.2, 0.25) is 0 Å². The molecule has 0 aliphatic heterocycles. The standard InChI is InChI=1S/C18H17NOS/c1-20-17-9-5-8-16(11-17)19-12-18-10-15(13-21-18)14-6-3-2-4-7-14/h2-11,13,19H,12H2,1H3. The Labute approximate surface area is 129 Å². The van der Waals surface area contributed by atoms with Gasteiger partial charge in [-0.05, 0) is 34.7 Å². The lowest BCUT2D eigenvalue weighted by molar-refractivity contribution is 0.415. The molecule has 0 radical (unpaired) electrons. The largest absolute Gasteiger partial charge is 0.497 e. The van der Waals surface area contributed by atoms with Crippen molar-refractivity contribution >= 4 is 17.0 Å². The van der Waals surface area contributed by atoms with Crippen LogP contribution in [0.1, 0.15) is 4.88 Å². The van der Waals surface area contributed by atoms with Gasteiger partial charge in [-0.1, -0.05) is 36.4 Å². The molecule has 0 bridgehead atoms. The average Bonchev–Trinajstić information content (AvgIpc) is 3.03. The Balaban J connectivity index is 1.67. The second-order valence-electron chi connectivity index (χ2n) is 4.75. The number of rotatable bonds is 5. The van der Waals surface area contributed by atoms with E-state index in [1.807, 2.05) is 30.3 Å². The molecular formula is C18H17NOS. The van der Waals surface area contributed by atoms with Gasteiger partial charge in [-0.25, -0.2) is 0 Å². The number of thiophene rings is 1. The lowest BCUT2D eigenvalue weighted by Gasteiger charge is -2.06. The third-order valence-corrected chi connectivity index (χ3v) is 4.23. The summed E-state index contributed by atoms with van der Waals surface area (Å²) in [5, 5.41) is 5.64. The zero-order valence-electron chi connectivity index (χ0n) is 11.9. The van der Waals surface area contributed by atoms with Crippen LogP contribution in [0.3, 0.4) is 0 Å². The van der Waals surface area contributed by atoms with Crippen molar-refractivity contribution in [1.29, 1.82) is 0 Å². The van der Waals surface area contributed by atoms with Crippen LogP contribution in [-0.4, -0.2) is 7.11 Å². The van der Waals surface area contributed by atoms with Crippen LogP contribution in [0.4, 0.5) is 5.69 Å². The van der Waals surface area contributed by atoms with E-state index in [0.717, 1.165) is 18.0 Å². The maximum atomic E-state index is 5.23. The number of benzene rings is 2. The molecule has 2 nitrogen and oxygen atoms in total. The second kappa shape index (κ2) is 6.46. The lowest BCUT2D eigenvalue weighted by Crippen LogP contribution is -1.97. The van der Waals surface area contributed by atoms with Crippen LogP contribution in [0.25, 0.3) is 11.1 Å². The van der Waals surface area contributed by atoms with E-state index in [0.29, 0.717) is 0 Å². The predicted molar refractivity (Wildman–Crippen MR) is 90.1 cm³/mol. The van der Waals surface area contributed by atoms with Crippen molar-refractivity contribution in [2.24, 2.45) is 0 Å². The summed E-state index contributed by atoms with van der Waals surface area (Å²) in [5.74, 6) is 0.871. The van der Waals surface area contributed by atoms with Crippen molar-refractivity contribution in [2.45, 2.75) is 6.54 Å². The minimum Gasteiger partial charge on any atom is -0.497 e. The molecule has 0 amide bonds. The van der Waals surface area contributed by atoms with E-state index in [9.17, 15) is 0 Å². The van der Waals surface area contributed by atoms with Crippen LogP contribution in [0.15, 0.2) is 66.0 Å². The molecule has 106 valence electrons. The van der Waals surface area contributed by atoms with Crippen LogP contribution in [0.2, 0.25) is 0 Å². The molecule has 0 aliphatic rings. The van der Waals surface area contributed by atoms with Gasteiger partial charge in [0.05, 0.1) is 7.11 Å². The van der Waals surface area contributed by atoms with Gasteiger partial charge in [-0.3, -0.25) is 0 Å². The summed E-state index contributed by atoms with van der Waals surface area (Å²) in [5.41, 5.74) is 3.62. The monoisotopic (exact) mass is 295 g/mol. The van der Waals surface area contributed by atoms with E-state index in [1.165, 1.54) is 16.0 Å². The van der Waals surface area contributed by atoms with E-state index in [4.69, 9.17) is 4.74 Å². The normalized spacial score (nSPS) is 10.3. The van der Waals surface area contributed by atoms with E-state index in [-0.39, 0.29) is 0 Å². The molecular weight excluding hydrogens is 278 g/mol. The number of hydrogen-bond donors (Lipinski definition) is 1. The summed E-state index contributed by atoms with van der Waals surface area (Å²) in [6, 6.07) is 20.7. The Morgan fingerprint density at radius 3 is 2.62 bits per heavy atom. The van der Waals surface area contributed by atoms with E-state index < -0.39 is 0 Å². The van der Waals surface area contributed by atoms with Gasteiger partial charge in [-0.15, -0.1) is 11.3 Å². The van der Waals surface area contributed by atoms with Crippen molar-refractivity contribution in [2.75, 3.05) is 12.4 Å². The number of nitrogens with one attached hydrogen (secondary N) is 1. The first kappa shape index (κ1) is 13.7. The molecule has 0 saturated heterocycles. The minimum absolute atomic E-state index is 0.824. The molecule has 0 saturated carbocycles. The highest BCUT2D eigenvalue weighted by Crippen LogP contribution is 2.26. The van der Waals surface area contributed by atoms with Crippen molar-refractivity contribution in [1.82, 2.24) is 0 Å². The summed E-state index contributed by atoms with van der Waals surface area (Å²) >= 11 is 1.78. The first-order valence-electron chi connectivity index (χ1n) is 6.86. The van der Waals surface area contributed by atoms with Crippen LogP contribution < -0.4 is 10.1 Å². The highest BCUT2D eigenvalue weighted by atomic mass is 32.1. The molecule has 2 aromatic carbocycles. The van der Waals surface area contributed by atoms with Crippen molar-refractivity contribution in [3.8, 4) is 16.9 Å². The van der Waals surface area contributed by atoms with Gasteiger partial charge < -0.3 is 10.1 Å². The lowest BCUT2D eigenvalue weighted by atomic mass is 10.1. The Kier molecular flexibility index (Phi) is 4.22. The fourth-order valence-corrected chi connectivity index (χ4v) is 3.01. The van der Waals surface area contributed by atoms with Crippen molar-refractivity contribution in [3.63, 3.8) is 0 Å². The highest BCUT2D eigenvalue weighted by molar-refractivity contribution is 7.10. The summed E-state index contributed by atoms with van der Waals surface area (Å²) in [4.78, 5) is 1.32. The minimum atomic E-state index is 0.824. The number of methoxy groups -OCH3 is 1. The predicted octanol–water partition coefficient (Wildman–Crippen LogP) is 5.04. The topological polar surface area (TPSA) is 21.3 Å². The van der Waals surface area contributed by atoms with Crippen molar-refractivity contribution in [3.05, 3.63) is 70.9 Å². The molecule has 0 fully saturated rings. The molecule has 1 aromatic heterocycles. The van der Waals surface area contributed by atoms with Gasteiger partial charge in [0.25, 0.3) is 0 Å². The first-order valence-corrected chi connectivity index (χ1v) is 7.74. The average molecular weight is 295 g/mol. The van der Waals surface area contributed by atoms with E-state index in [1.54, 1.807) is 18.4 Å². The summed E-state index contributed by atoms with van der Waals surface area (Å²) in [6.07, 6.45) is 0. The molecule has 3 rings (SSSR count). The van der Waals surface area contributed by atoms with Gasteiger partial charge in [0.15, 0.2) is 0 Å². The quantitative estimate of drug-likeness (QED) is 0.712. The highest BCUT2D eigenvalue weighted by Gasteiger charge is 2.02. The molecule has 0 spiro atoms. The van der Waals surface area contributed by atoms with Crippen LogP contribution in [-0.2, 0) is 6.54 Å². The molecule has 3 heteroatoms. The third-order valence-electron chi connectivity index (χ3n) is 3.30. The molecule has 21 heavy (non-hydrogen) atoms. The first-order chi connectivity index (χ1) is 10.3. The van der Waals surface area contributed by atoms with E-state index in [2.05, 4.69) is 41.0 Å². The third kappa shape index (κ3) is 3.44. The van der Waals surface area contributed by atoms with Crippen LogP contribution in [0, 0.1) is 0 Å². The fourth-order valence-electron chi connectivity index (χ4n) is 2.18. The number of hydrogen-bond acceptors (Lipinski definition) is 3. The van der Waals surface area contributed by atoms with Crippen LogP contribution in [0.5, 0.6) is 5.75 Å². The molecule has 0 atom stereocenters. The van der Waals surface area contributed by atoms with Gasteiger partial charge in [0, 0.05) is 23.2 Å². The van der Waals surface area contributed by atoms with E-state index >= 15 is 0 Å². The maximum Gasteiger partial charge on any atom is 0.120 e. The van der Waals surface area contributed by atoms with Gasteiger partial charge >= 0.3 is 0 Å². The van der Waals surface area contributed by atoms with Crippen LogP contribution >= 0.6 is 11.3 Å². The SMILES string of the molecule is COc1cccc(NCc2cc(-c3ccccc3)cs2)c1. The number of ether oxygens (including phenoxy) is 1. The molecule has 0 unspecified atom stereocenters. The van der Waals surface area contributed by atoms with Crippen molar-refractivity contribution < 1.29 is 4.74 Å². The summed E-state index contributed by atoms with van der Waals surface area (Å²) in [6.45, 7) is 0.824. The Morgan fingerprint density at radius 2 is 1.81 bits per heavy atom. The molecule has 3 aromatic rings. The smallest absolute Gasteiger partial charge is 0.120 e. The maximum absolute atomic E-state index is 5.23. The molecule has 1 heterocycles.